The topological polar surface area (TPSA) is 228 Å². The maximum absolute atomic E-state index is 13.5. The second-order valence-corrected chi connectivity index (χ2v) is 12.8. The normalized spacial score (nSPS) is 19.9. The molecular weight excluding hydrogens is 652 g/mol. The van der Waals surface area contributed by atoms with Gasteiger partial charge < -0.3 is 39.5 Å². The molecule has 3 atom stereocenters. The highest BCUT2D eigenvalue weighted by atomic mass is 32.2. The second-order valence-electron chi connectivity index (χ2n) is 9.97. The summed E-state index contributed by atoms with van der Waals surface area (Å²) in [4.78, 5) is 64.2. The molecule has 46 heavy (non-hydrogen) atoms. The number of esters is 2. The number of hydrogen-bond acceptors (Lipinski definition) is 14. The average Bonchev–Trinajstić information content (AvgIpc) is 3.02. The van der Waals surface area contributed by atoms with Crippen molar-refractivity contribution in [1.82, 2.24) is 14.9 Å². The number of hydrogen-bond donors (Lipinski definition) is 3. The molecule has 2 heterocycles. The summed E-state index contributed by atoms with van der Waals surface area (Å²) in [5, 5.41) is 1.65. The third-order valence-electron chi connectivity index (χ3n) is 6.78. The molecule has 254 valence electrons. The fourth-order valence-corrected chi connectivity index (χ4v) is 7.17. The Kier molecular flexibility index (Phi) is 12.9. The molecule has 0 bridgehead atoms. The molecule has 1 fully saturated rings. The standard InChI is InChI=1S/C27H36N4O13S2/c1-16-8-10-18(11-9-16)46(37,38)30-19(22(33)43-14-39-2)6-5-7-20(32)29-27(41-4)24(35)31-21(23(34)44-15-40-3)17(12-42-26(28)36)13-45-25(27)31/h8-11,19,25,30H,5-7,12-15H2,1-4H3,(H2,28,36)(H,29,32)/t19?,25-,27+/m1/s1. The second kappa shape index (κ2) is 16.2. The van der Waals surface area contributed by atoms with Crippen LogP contribution in [0.2, 0.25) is 0 Å². The molecule has 3 amide bonds. The van der Waals surface area contributed by atoms with Crippen LogP contribution in [0.1, 0.15) is 24.8 Å². The molecule has 17 nitrogen and oxygen atoms in total. The fraction of sp³-hybridized carbons (Fsp3) is 0.519. The summed E-state index contributed by atoms with van der Waals surface area (Å²) in [6.07, 6.45) is -1.48. The van der Waals surface area contributed by atoms with Crippen molar-refractivity contribution in [2.45, 2.75) is 48.2 Å². The van der Waals surface area contributed by atoms with Gasteiger partial charge in [-0.25, -0.2) is 18.0 Å². The number of fused-ring (bicyclic) bond motifs is 1. The summed E-state index contributed by atoms with van der Waals surface area (Å²) in [7, 11) is -0.337. The van der Waals surface area contributed by atoms with Gasteiger partial charge in [-0.15, -0.1) is 11.8 Å². The van der Waals surface area contributed by atoms with Crippen molar-refractivity contribution in [3.05, 3.63) is 41.1 Å². The van der Waals surface area contributed by atoms with Crippen LogP contribution in [0.5, 0.6) is 0 Å². The first-order valence-electron chi connectivity index (χ1n) is 13.7. The number of ether oxygens (including phenoxy) is 6. The smallest absolute Gasteiger partial charge is 0.404 e. The van der Waals surface area contributed by atoms with Crippen LogP contribution in [0.3, 0.4) is 0 Å². The summed E-state index contributed by atoms with van der Waals surface area (Å²) >= 11 is 1.13. The Morgan fingerprint density at radius 3 is 2.33 bits per heavy atom. The molecule has 0 saturated carbocycles. The zero-order chi connectivity index (χ0) is 34.1. The largest absolute Gasteiger partial charge is 0.445 e. The van der Waals surface area contributed by atoms with Crippen molar-refractivity contribution < 1.29 is 60.8 Å². The molecule has 19 heteroatoms. The zero-order valence-electron chi connectivity index (χ0n) is 25.6. The lowest BCUT2D eigenvalue weighted by Crippen LogP contribution is -2.80. The van der Waals surface area contributed by atoms with E-state index in [9.17, 15) is 32.4 Å². The van der Waals surface area contributed by atoms with E-state index in [4.69, 9.17) is 34.2 Å². The van der Waals surface area contributed by atoms with Gasteiger partial charge in [-0.2, -0.15) is 4.72 Å². The van der Waals surface area contributed by atoms with E-state index in [1.807, 2.05) is 0 Å². The molecule has 4 N–H and O–H groups in total. The lowest BCUT2D eigenvalue weighted by Gasteiger charge is -2.55. The highest BCUT2D eigenvalue weighted by molar-refractivity contribution is 8.00. The van der Waals surface area contributed by atoms with E-state index in [0.29, 0.717) is 0 Å². The number of amides is 3. The summed E-state index contributed by atoms with van der Waals surface area (Å²) in [5.41, 5.74) is 4.06. The monoisotopic (exact) mass is 688 g/mol. The third-order valence-corrected chi connectivity index (χ3v) is 9.64. The first-order valence-corrected chi connectivity index (χ1v) is 16.2. The van der Waals surface area contributed by atoms with Gasteiger partial charge in [-0.1, -0.05) is 17.7 Å². The number of methoxy groups -OCH3 is 3. The van der Waals surface area contributed by atoms with Crippen LogP contribution in [-0.4, -0.2) is 108 Å². The van der Waals surface area contributed by atoms with Crippen molar-refractivity contribution in [3.8, 4) is 0 Å². The maximum Gasteiger partial charge on any atom is 0.404 e. The molecule has 0 aliphatic carbocycles. The van der Waals surface area contributed by atoms with E-state index < -0.39 is 70.6 Å². The quantitative estimate of drug-likeness (QED) is 0.0836. The number of carbonyl (C=O) groups is 5. The summed E-state index contributed by atoms with van der Waals surface area (Å²) in [6, 6.07) is 4.63. The number of β-lactam (4-membered cyclic amide) rings is 1. The fourth-order valence-electron chi connectivity index (χ4n) is 4.53. The van der Waals surface area contributed by atoms with Crippen molar-refractivity contribution in [2.24, 2.45) is 5.73 Å². The van der Waals surface area contributed by atoms with Crippen molar-refractivity contribution in [1.29, 1.82) is 0 Å². The van der Waals surface area contributed by atoms with Gasteiger partial charge >= 0.3 is 18.0 Å². The van der Waals surface area contributed by atoms with E-state index in [0.717, 1.165) is 22.2 Å². The number of aryl methyl sites for hydroxylation is 1. The molecule has 1 aromatic carbocycles. The lowest BCUT2D eigenvalue weighted by molar-refractivity contribution is -0.193. The van der Waals surface area contributed by atoms with Crippen LogP contribution in [0.15, 0.2) is 40.4 Å². The number of nitrogens with zero attached hydrogens (tertiary/aromatic N) is 1. The molecule has 1 unspecified atom stereocenters. The van der Waals surface area contributed by atoms with Gasteiger partial charge in [0, 0.05) is 39.1 Å². The molecule has 1 aromatic rings. The first kappa shape index (κ1) is 36.7. The SMILES string of the molecule is COCOC(=O)C1=C(COC(N)=O)CS[C@H]2N1C(=O)[C@]2(NC(=O)CCCC(NS(=O)(=O)c1ccc(C)cc1)C(=O)OCOC)OC. The number of carbonyl (C=O) groups excluding carboxylic acids is 5. The number of nitrogens with one attached hydrogen (secondary N) is 2. The Labute approximate surface area is 269 Å². The number of thioether (sulfide) groups is 1. The zero-order valence-corrected chi connectivity index (χ0v) is 27.2. The maximum atomic E-state index is 13.5. The molecular formula is C27H36N4O13S2. The van der Waals surface area contributed by atoms with Gasteiger partial charge in [0.2, 0.25) is 15.9 Å². The van der Waals surface area contributed by atoms with Crippen LogP contribution in [0.25, 0.3) is 0 Å². The molecule has 0 radical (unpaired) electrons. The van der Waals surface area contributed by atoms with E-state index in [1.54, 1.807) is 19.1 Å². The van der Waals surface area contributed by atoms with E-state index >= 15 is 0 Å². The van der Waals surface area contributed by atoms with Gasteiger partial charge in [0.05, 0.1) is 4.90 Å². The molecule has 0 aromatic heterocycles. The number of rotatable bonds is 17. The minimum Gasteiger partial charge on any atom is -0.445 e. The van der Waals surface area contributed by atoms with Gasteiger partial charge in [0.1, 0.15) is 23.7 Å². The summed E-state index contributed by atoms with van der Waals surface area (Å²) in [5.74, 6) is -3.21. The van der Waals surface area contributed by atoms with Gasteiger partial charge in [-0.3, -0.25) is 19.3 Å². The number of primary amides is 1. The van der Waals surface area contributed by atoms with E-state index in [1.165, 1.54) is 33.5 Å². The average molecular weight is 689 g/mol. The van der Waals surface area contributed by atoms with Gasteiger partial charge in [0.15, 0.2) is 13.6 Å². The van der Waals surface area contributed by atoms with Crippen LogP contribution >= 0.6 is 11.8 Å². The highest BCUT2D eigenvalue weighted by Gasteiger charge is 2.66. The van der Waals surface area contributed by atoms with Crippen LogP contribution in [0, 0.1) is 6.92 Å². The van der Waals surface area contributed by atoms with Gasteiger partial charge in [0.25, 0.3) is 11.6 Å². The van der Waals surface area contributed by atoms with E-state index in [-0.39, 0.29) is 47.8 Å². The van der Waals surface area contributed by atoms with Crippen molar-refractivity contribution in [3.63, 3.8) is 0 Å². The summed E-state index contributed by atoms with van der Waals surface area (Å²) < 4.78 is 58.0. The molecule has 0 spiro atoms. The number of nitrogens with two attached hydrogens (primary N) is 1. The van der Waals surface area contributed by atoms with Crippen molar-refractivity contribution >= 4 is 51.6 Å². The van der Waals surface area contributed by atoms with Crippen LogP contribution < -0.4 is 15.8 Å². The Morgan fingerprint density at radius 1 is 1.07 bits per heavy atom. The Balaban J connectivity index is 1.70. The lowest BCUT2D eigenvalue weighted by atomic mass is 9.97. The first-order chi connectivity index (χ1) is 21.8. The third kappa shape index (κ3) is 8.53. The van der Waals surface area contributed by atoms with Gasteiger partial charge in [-0.05, 0) is 31.9 Å². The Morgan fingerprint density at radius 2 is 1.72 bits per heavy atom. The molecule has 2 aliphatic rings. The minimum atomic E-state index is -4.13. The molecule has 1 saturated heterocycles. The van der Waals surface area contributed by atoms with Crippen LogP contribution in [0.4, 0.5) is 4.79 Å². The summed E-state index contributed by atoms with van der Waals surface area (Å²) in [6.45, 7) is 0.576. The predicted molar refractivity (Wildman–Crippen MR) is 159 cm³/mol. The van der Waals surface area contributed by atoms with Crippen LogP contribution in [-0.2, 0) is 57.6 Å². The number of sulfonamides is 1. The van der Waals surface area contributed by atoms with Crippen molar-refractivity contribution in [2.75, 3.05) is 47.3 Å². The Hall–Kier alpha value is -3.75. The number of benzene rings is 1. The predicted octanol–water partition coefficient (Wildman–Crippen LogP) is -0.170. The molecule has 3 rings (SSSR count). The Bertz CT molecular complexity index is 1450. The highest BCUT2D eigenvalue weighted by Crippen LogP contribution is 2.47. The molecule has 2 aliphatic heterocycles. The van der Waals surface area contributed by atoms with E-state index in [2.05, 4.69) is 10.0 Å². The minimum absolute atomic E-state index is 0.00634.